The highest BCUT2D eigenvalue weighted by atomic mass is 32.1. The molecule has 0 aliphatic heterocycles. The van der Waals surface area contributed by atoms with Crippen LogP contribution in [0.15, 0.2) is 48.4 Å². The minimum atomic E-state index is -0.900. The van der Waals surface area contributed by atoms with Crippen molar-refractivity contribution in [2.75, 3.05) is 13.7 Å². The van der Waals surface area contributed by atoms with Gasteiger partial charge in [-0.15, -0.1) is 17.9 Å². The molecule has 4 unspecified atom stereocenters. The van der Waals surface area contributed by atoms with Gasteiger partial charge in [-0.3, -0.25) is 14.4 Å². The summed E-state index contributed by atoms with van der Waals surface area (Å²) in [6.45, 7) is 14.1. The summed E-state index contributed by atoms with van der Waals surface area (Å²) in [6.07, 6.45) is 4.05. The van der Waals surface area contributed by atoms with Gasteiger partial charge >= 0.3 is 5.97 Å². The van der Waals surface area contributed by atoms with E-state index in [9.17, 15) is 19.5 Å². The number of carbonyl (C=O) groups is 3. The van der Waals surface area contributed by atoms with Gasteiger partial charge in [-0.25, -0.2) is 4.98 Å². The Balaban J connectivity index is 2.22. The van der Waals surface area contributed by atoms with E-state index in [2.05, 4.69) is 44.6 Å². The number of benzene rings is 1. The number of carbonyl (C=O) groups excluding carboxylic acids is 2. The number of hydrogen-bond acceptors (Lipinski definition) is 6. The first-order valence-electron chi connectivity index (χ1n) is 14.5. The average molecular weight is 586 g/mol. The molecule has 0 bridgehead atoms. The average Bonchev–Trinajstić information content (AvgIpc) is 3.43. The van der Waals surface area contributed by atoms with Gasteiger partial charge in [0.25, 0.3) is 5.91 Å². The standard InChI is InChI=1S/C32H47N3O5S/c1-8-15-40-28(19-27(21(3)4)35(7)29(36)16-22(5)9-2)31-34-26(20-41-31)30(37)33-25(17-23(6)32(38)39)18-24-13-11-10-12-14-24/h8,10-14,20-23,25,27-28H,1,9,15-19H2,2-7H3,(H,33,37)(H,38,39)/t22-,23?,25?,27?,28?/m0/s1. The number of nitrogens with one attached hydrogen (secondary N) is 1. The van der Waals surface area contributed by atoms with Crippen molar-refractivity contribution < 1.29 is 24.2 Å². The van der Waals surface area contributed by atoms with Gasteiger partial charge in [-0.05, 0) is 30.2 Å². The third-order valence-electron chi connectivity index (χ3n) is 7.50. The topological polar surface area (TPSA) is 109 Å². The molecule has 0 spiro atoms. The van der Waals surface area contributed by atoms with Gasteiger partial charge in [0, 0.05) is 37.4 Å². The molecule has 2 rings (SSSR count). The molecular weight excluding hydrogens is 538 g/mol. The number of aromatic nitrogens is 1. The van der Waals surface area contributed by atoms with Crippen LogP contribution in [-0.4, -0.2) is 58.5 Å². The number of carboxylic acid groups (broad SMARTS) is 1. The van der Waals surface area contributed by atoms with Crippen LogP contribution in [0, 0.1) is 17.8 Å². The first kappa shape index (κ1) is 34.2. The van der Waals surface area contributed by atoms with E-state index in [0.717, 1.165) is 12.0 Å². The molecule has 0 saturated heterocycles. The fourth-order valence-corrected chi connectivity index (χ4v) is 5.57. The zero-order valence-electron chi connectivity index (χ0n) is 25.3. The van der Waals surface area contributed by atoms with E-state index in [1.807, 2.05) is 42.3 Å². The summed E-state index contributed by atoms with van der Waals surface area (Å²) in [6, 6.07) is 9.24. The Kier molecular flexibility index (Phi) is 14.2. The van der Waals surface area contributed by atoms with E-state index in [4.69, 9.17) is 4.74 Å². The molecule has 41 heavy (non-hydrogen) atoms. The number of ether oxygens (including phenoxy) is 1. The molecule has 1 aromatic carbocycles. The van der Waals surface area contributed by atoms with E-state index in [1.165, 1.54) is 11.3 Å². The Morgan fingerprint density at radius 2 is 1.83 bits per heavy atom. The van der Waals surface area contributed by atoms with Crippen LogP contribution in [0.1, 0.15) is 87.5 Å². The molecule has 5 atom stereocenters. The first-order chi connectivity index (χ1) is 19.5. The van der Waals surface area contributed by atoms with Gasteiger partial charge in [0.2, 0.25) is 5.91 Å². The number of carboxylic acids is 1. The van der Waals surface area contributed by atoms with Gasteiger partial charge in [-0.2, -0.15) is 0 Å². The molecule has 8 nitrogen and oxygen atoms in total. The molecule has 9 heteroatoms. The first-order valence-corrected chi connectivity index (χ1v) is 15.4. The maximum atomic E-state index is 13.3. The molecule has 2 aromatic rings. The van der Waals surface area contributed by atoms with Crippen molar-refractivity contribution in [3.63, 3.8) is 0 Å². The van der Waals surface area contributed by atoms with Crippen molar-refractivity contribution in [3.05, 3.63) is 64.6 Å². The van der Waals surface area contributed by atoms with Crippen molar-refractivity contribution in [3.8, 4) is 0 Å². The van der Waals surface area contributed by atoms with Crippen LogP contribution in [0.2, 0.25) is 0 Å². The maximum absolute atomic E-state index is 13.3. The minimum Gasteiger partial charge on any atom is -0.481 e. The van der Waals surface area contributed by atoms with E-state index in [1.54, 1.807) is 18.4 Å². The lowest BCUT2D eigenvalue weighted by atomic mass is 9.95. The molecule has 0 radical (unpaired) electrons. The van der Waals surface area contributed by atoms with E-state index in [-0.39, 0.29) is 35.5 Å². The van der Waals surface area contributed by atoms with Gasteiger partial charge in [0.1, 0.15) is 16.8 Å². The van der Waals surface area contributed by atoms with Crippen molar-refractivity contribution in [2.45, 2.75) is 84.9 Å². The van der Waals surface area contributed by atoms with E-state index < -0.39 is 18.0 Å². The van der Waals surface area contributed by atoms with Crippen molar-refractivity contribution in [2.24, 2.45) is 17.8 Å². The Morgan fingerprint density at radius 1 is 1.15 bits per heavy atom. The van der Waals surface area contributed by atoms with Gasteiger partial charge in [0.05, 0.1) is 12.5 Å². The minimum absolute atomic E-state index is 0.0738. The predicted octanol–water partition coefficient (Wildman–Crippen LogP) is 6.15. The Morgan fingerprint density at radius 3 is 2.41 bits per heavy atom. The van der Waals surface area contributed by atoms with Gasteiger partial charge in [0.15, 0.2) is 0 Å². The summed E-state index contributed by atoms with van der Waals surface area (Å²) in [7, 11) is 1.85. The Labute approximate surface area is 249 Å². The van der Waals surface area contributed by atoms with Crippen LogP contribution < -0.4 is 5.32 Å². The quantitative estimate of drug-likeness (QED) is 0.203. The number of aliphatic carboxylic acids is 1. The SMILES string of the molecule is C=CCOC(CC(C(C)C)N(C)C(=O)C[C@@H](C)CC)c1nc(C(=O)NC(Cc2ccccc2)CC(C)C(=O)O)cs1. The van der Waals surface area contributed by atoms with Crippen LogP contribution in [0.3, 0.4) is 0 Å². The molecule has 1 aromatic heterocycles. The maximum Gasteiger partial charge on any atom is 0.306 e. The lowest BCUT2D eigenvalue weighted by Gasteiger charge is -2.34. The Hall–Kier alpha value is -3.04. The van der Waals surface area contributed by atoms with Crippen molar-refractivity contribution in [1.82, 2.24) is 15.2 Å². The molecule has 226 valence electrons. The molecule has 0 aliphatic rings. The molecule has 0 aliphatic carbocycles. The summed E-state index contributed by atoms with van der Waals surface area (Å²) >= 11 is 1.35. The summed E-state index contributed by atoms with van der Waals surface area (Å²) in [4.78, 5) is 44.3. The molecule has 1 heterocycles. The van der Waals surface area contributed by atoms with Crippen LogP contribution in [0.4, 0.5) is 0 Å². The highest BCUT2D eigenvalue weighted by Crippen LogP contribution is 2.30. The van der Waals surface area contributed by atoms with Gasteiger partial charge in [-0.1, -0.05) is 77.4 Å². The molecule has 0 saturated carbocycles. The molecule has 2 N–H and O–H groups in total. The second-order valence-corrected chi connectivity index (χ2v) is 12.2. The van der Waals surface area contributed by atoms with Gasteiger partial charge < -0.3 is 20.1 Å². The van der Waals surface area contributed by atoms with Crippen LogP contribution in [0.25, 0.3) is 0 Å². The number of rotatable bonds is 18. The zero-order valence-corrected chi connectivity index (χ0v) is 26.2. The second-order valence-electron chi connectivity index (χ2n) is 11.3. The third-order valence-corrected chi connectivity index (χ3v) is 8.44. The monoisotopic (exact) mass is 585 g/mol. The molecular formula is C32H47N3O5S. The smallest absolute Gasteiger partial charge is 0.306 e. The molecule has 0 fully saturated rings. The zero-order chi connectivity index (χ0) is 30.5. The second kappa shape index (κ2) is 17.0. The summed E-state index contributed by atoms with van der Waals surface area (Å²) in [5.41, 5.74) is 1.28. The van der Waals surface area contributed by atoms with Crippen LogP contribution in [-0.2, 0) is 20.7 Å². The van der Waals surface area contributed by atoms with Crippen molar-refractivity contribution in [1.29, 1.82) is 0 Å². The summed E-state index contributed by atoms with van der Waals surface area (Å²) < 4.78 is 6.12. The lowest BCUT2D eigenvalue weighted by molar-refractivity contribution is -0.141. The summed E-state index contributed by atoms with van der Waals surface area (Å²) in [5.74, 6) is -1.25. The Bertz CT molecular complexity index is 1120. The number of hydrogen-bond donors (Lipinski definition) is 2. The normalized spacial score (nSPS) is 15.0. The summed E-state index contributed by atoms with van der Waals surface area (Å²) in [5, 5.41) is 14.8. The predicted molar refractivity (Wildman–Crippen MR) is 164 cm³/mol. The fourth-order valence-electron chi connectivity index (χ4n) is 4.71. The van der Waals surface area contributed by atoms with Crippen LogP contribution in [0.5, 0.6) is 0 Å². The fraction of sp³-hybridized carbons (Fsp3) is 0.562. The third kappa shape index (κ3) is 11.0. The highest BCUT2D eigenvalue weighted by molar-refractivity contribution is 7.09. The van der Waals surface area contributed by atoms with E-state index >= 15 is 0 Å². The molecule has 2 amide bonds. The largest absolute Gasteiger partial charge is 0.481 e. The number of nitrogens with zero attached hydrogens (tertiary/aromatic N) is 2. The lowest BCUT2D eigenvalue weighted by Crippen LogP contribution is -2.42. The van der Waals surface area contributed by atoms with E-state index in [0.29, 0.717) is 43.2 Å². The highest BCUT2D eigenvalue weighted by Gasteiger charge is 2.30. The van der Waals surface area contributed by atoms with Crippen molar-refractivity contribution >= 4 is 29.1 Å². The number of thiazole rings is 1. The number of amides is 2. The van der Waals surface area contributed by atoms with Crippen LogP contribution >= 0.6 is 11.3 Å².